The lowest BCUT2D eigenvalue weighted by Crippen LogP contribution is -2.30. The summed E-state index contributed by atoms with van der Waals surface area (Å²) in [5.41, 5.74) is -0.778. The molecule has 0 heterocycles. The van der Waals surface area contributed by atoms with Crippen molar-refractivity contribution in [3.8, 4) is 0 Å². The molecule has 0 fully saturated rings. The average molecular weight is 450 g/mol. The number of aliphatic carboxylic acids is 1. The van der Waals surface area contributed by atoms with Crippen LogP contribution in [0.1, 0.15) is 48.5 Å². The zero-order valence-corrected chi connectivity index (χ0v) is 20.3. The summed E-state index contributed by atoms with van der Waals surface area (Å²) in [5.74, 6) is -0.833. The van der Waals surface area contributed by atoms with Crippen molar-refractivity contribution in [3.05, 3.63) is 0 Å². The van der Waals surface area contributed by atoms with Gasteiger partial charge < -0.3 is 25.2 Å². The Kier molecular flexibility index (Phi) is 33.7. The largest absolute Gasteiger partial charge is 0.481 e. The molecule has 9 radical (unpaired) electrons. The van der Waals surface area contributed by atoms with Gasteiger partial charge in [0.15, 0.2) is 0 Å². The van der Waals surface area contributed by atoms with E-state index in [1.165, 1.54) is 14.1 Å². The van der Waals surface area contributed by atoms with Crippen LogP contribution in [0.15, 0.2) is 0 Å². The van der Waals surface area contributed by atoms with Crippen LogP contribution in [0, 0.1) is 0 Å². The number of carbonyl (C=O) groups excluding carboxylic acids is 2. The van der Waals surface area contributed by atoms with E-state index in [0.29, 0.717) is 0 Å². The molecule has 11 nitrogen and oxygen atoms in total. The summed E-state index contributed by atoms with van der Waals surface area (Å²) in [5, 5.41) is 16.5. The van der Waals surface area contributed by atoms with Gasteiger partial charge in [0.25, 0.3) is 5.97 Å². The van der Waals surface area contributed by atoms with Crippen molar-refractivity contribution >= 4 is 53.4 Å². The first-order valence-corrected chi connectivity index (χ1v) is 9.58. The summed E-state index contributed by atoms with van der Waals surface area (Å²) in [6, 6.07) is 0. The van der Waals surface area contributed by atoms with Crippen molar-refractivity contribution in [2.75, 3.05) is 20.4 Å². The number of hydrogen-bond acceptors (Lipinski definition) is 7. The molecule has 0 rings (SSSR count). The van der Waals surface area contributed by atoms with E-state index < -0.39 is 16.0 Å². The number of carboxylic acids is 1. The minimum absolute atomic E-state index is 0. The van der Waals surface area contributed by atoms with Gasteiger partial charge >= 0.3 is 12.2 Å². The first-order chi connectivity index (χ1) is 11.6. The SMILES string of the molecule is CC(=O)O.CNC(=O)OC(C)(C)C.CNC(=O)OC(C)(C)C.CS(N)(=O)=O.[B].[B].[B]. The summed E-state index contributed by atoms with van der Waals surface area (Å²) in [6.45, 7) is 12.0. The van der Waals surface area contributed by atoms with Crippen LogP contribution < -0.4 is 15.8 Å². The van der Waals surface area contributed by atoms with Gasteiger partial charge in [-0.15, -0.1) is 0 Å². The van der Waals surface area contributed by atoms with Gasteiger partial charge in [0.1, 0.15) is 11.2 Å². The summed E-state index contributed by atoms with van der Waals surface area (Å²) in [4.78, 5) is 30.0. The molecule has 0 aromatic rings. The predicted molar refractivity (Wildman–Crippen MR) is 120 cm³/mol. The van der Waals surface area contributed by atoms with Crippen LogP contribution in [-0.4, -0.2) is 88.5 Å². The number of hydrogen-bond donors (Lipinski definition) is 4. The highest BCUT2D eigenvalue weighted by atomic mass is 32.2. The molecule has 173 valence electrons. The molecular formula is C15H35B3N3O8S. The number of nitrogens with two attached hydrogens (primary N) is 1. The predicted octanol–water partition coefficient (Wildman–Crippen LogP) is 0.135. The van der Waals surface area contributed by atoms with Gasteiger partial charge in [-0.3, -0.25) is 4.79 Å². The number of alkyl carbamates (subject to hydrolysis) is 2. The maximum atomic E-state index is 10.5. The highest BCUT2D eigenvalue weighted by Crippen LogP contribution is 2.06. The second kappa shape index (κ2) is 21.8. The Labute approximate surface area is 187 Å². The van der Waals surface area contributed by atoms with Crippen LogP contribution in [0.25, 0.3) is 0 Å². The van der Waals surface area contributed by atoms with Crippen molar-refractivity contribution in [1.82, 2.24) is 10.6 Å². The van der Waals surface area contributed by atoms with Crippen molar-refractivity contribution in [1.29, 1.82) is 0 Å². The first kappa shape index (κ1) is 46.4. The van der Waals surface area contributed by atoms with Crippen molar-refractivity contribution in [2.45, 2.75) is 59.7 Å². The topological polar surface area (TPSA) is 174 Å². The standard InChI is InChI=1S/2C6H13NO2.C2H4O2.CH5NO2S.3B/c2*1-6(2,3)9-5(8)7-4;1-2(3)4;1-5(2,3)4;;;/h2*1-4H3,(H,7,8);1H3,(H,3,4);1H3,(H2,2,3,4);;;. The molecule has 0 saturated carbocycles. The Bertz CT molecular complexity index is 508. The third-order valence-electron chi connectivity index (χ3n) is 1.21. The molecular weight excluding hydrogens is 415 g/mol. The zero-order chi connectivity index (χ0) is 23.1. The normalized spacial score (nSPS) is 9.17. The number of nitrogens with one attached hydrogen (secondary N) is 2. The maximum Gasteiger partial charge on any atom is 0.407 e. The van der Waals surface area contributed by atoms with Gasteiger partial charge in [-0.25, -0.2) is 23.1 Å². The quantitative estimate of drug-likeness (QED) is 0.377. The number of carboxylic acid groups (broad SMARTS) is 1. The molecule has 5 N–H and O–H groups in total. The van der Waals surface area contributed by atoms with E-state index in [0.717, 1.165) is 13.2 Å². The molecule has 0 aliphatic heterocycles. The number of amides is 2. The maximum absolute atomic E-state index is 10.5. The zero-order valence-electron chi connectivity index (χ0n) is 19.5. The third kappa shape index (κ3) is 112. The Balaban J connectivity index is -0.0000000477. The fourth-order valence-corrected chi connectivity index (χ4v) is 0.658. The molecule has 2 amide bonds. The molecule has 30 heavy (non-hydrogen) atoms. The summed E-state index contributed by atoms with van der Waals surface area (Å²) >= 11 is 0. The van der Waals surface area contributed by atoms with Gasteiger partial charge in [0.05, 0.1) is 6.26 Å². The van der Waals surface area contributed by atoms with Crippen LogP contribution in [0.3, 0.4) is 0 Å². The summed E-state index contributed by atoms with van der Waals surface area (Å²) in [7, 11) is -0.0951. The third-order valence-corrected chi connectivity index (χ3v) is 1.21. The Morgan fingerprint density at radius 1 is 0.800 bits per heavy atom. The van der Waals surface area contributed by atoms with Crippen LogP contribution >= 0.6 is 0 Å². The van der Waals surface area contributed by atoms with E-state index in [9.17, 15) is 18.0 Å². The first-order valence-electron chi connectivity index (χ1n) is 7.63. The molecule has 0 aliphatic carbocycles. The lowest BCUT2D eigenvalue weighted by Gasteiger charge is -2.18. The van der Waals surface area contributed by atoms with E-state index in [4.69, 9.17) is 19.4 Å². The minimum atomic E-state index is -3.17. The van der Waals surface area contributed by atoms with Crippen LogP contribution in [0.4, 0.5) is 9.59 Å². The number of ether oxygens (including phenoxy) is 2. The van der Waals surface area contributed by atoms with Crippen molar-refractivity contribution in [2.24, 2.45) is 5.14 Å². The number of primary sulfonamides is 1. The minimum Gasteiger partial charge on any atom is -0.481 e. The van der Waals surface area contributed by atoms with E-state index in [1.807, 2.05) is 41.5 Å². The van der Waals surface area contributed by atoms with Crippen LogP contribution in [-0.2, 0) is 24.3 Å². The molecule has 0 aliphatic rings. The number of carbonyl (C=O) groups is 3. The highest BCUT2D eigenvalue weighted by Gasteiger charge is 2.14. The number of rotatable bonds is 0. The fourth-order valence-electron chi connectivity index (χ4n) is 0.658. The number of sulfonamides is 1. The Morgan fingerprint density at radius 2 is 0.933 bits per heavy atom. The van der Waals surface area contributed by atoms with Gasteiger partial charge in [-0.2, -0.15) is 0 Å². The highest BCUT2D eigenvalue weighted by molar-refractivity contribution is 7.88. The smallest absolute Gasteiger partial charge is 0.407 e. The lowest BCUT2D eigenvalue weighted by molar-refractivity contribution is -0.134. The molecule has 0 bridgehead atoms. The van der Waals surface area contributed by atoms with Crippen molar-refractivity contribution < 1.29 is 37.4 Å². The summed E-state index contributed by atoms with van der Waals surface area (Å²) < 4.78 is 28.5. The Hall–Kier alpha value is -1.89. The molecule has 0 spiro atoms. The average Bonchev–Trinajstić information content (AvgIpc) is 2.32. The molecule has 0 saturated heterocycles. The van der Waals surface area contributed by atoms with Gasteiger partial charge in [-0.05, 0) is 41.5 Å². The second-order valence-electron chi connectivity index (χ2n) is 6.85. The van der Waals surface area contributed by atoms with E-state index in [2.05, 4.69) is 15.8 Å². The molecule has 0 aromatic carbocycles. The van der Waals surface area contributed by atoms with E-state index in [1.54, 1.807) is 0 Å². The van der Waals surface area contributed by atoms with Crippen LogP contribution in [0.2, 0.25) is 0 Å². The monoisotopic (exact) mass is 450 g/mol. The van der Waals surface area contributed by atoms with E-state index >= 15 is 0 Å². The van der Waals surface area contributed by atoms with Crippen molar-refractivity contribution in [3.63, 3.8) is 0 Å². The van der Waals surface area contributed by atoms with Gasteiger partial charge in [0.2, 0.25) is 10.0 Å². The molecule has 15 heteroatoms. The molecule has 0 atom stereocenters. The van der Waals surface area contributed by atoms with E-state index in [-0.39, 0.29) is 48.6 Å². The Morgan fingerprint density at radius 3 is 0.967 bits per heavy atom. The summed E-state index contributed by atoms with van der Waals surface area (Å²) in [6.07, 6.45) is 0.164. The second-order valence-corrected chi connectivity index (χ2v) is 8.51. The van der Waals surface area contributed by atoms with Crippen LogP contribution in [0.5, 0.6) is 0 Å². The molecule has 0 unspecified atom stereocenters. The van der Waals surface area contributed by atoms with Gasteiger partial charge in [0, 0.05) is 46.3 Å². The fraction of sp³-hybridized carbons (Fsp3) is 0.800. The van der Waals surface area contributed by atoms with Gasteiger partial charge in [-0.1, -0.05) is 0 Å². The lowest BCUT2D eigenvalue weighted by atomic mass is 10.2. The molecule has 0 aromatic heterocycles.